The van der Waals surface area contributed by atoms with Gasteiger partial charge in [0.05, 0.1) is 6.42 Å². The molecule has 74 valence electrons. The summed E-state index contributed by atoms with van der Waals surface area (Å²) in [5.74, 6) is -1.33. The van der Waals surface area contributed by atoms with E-state index in [1.54, 1.807) is 0 Å². The molecule has 4 heteroatoms. The summed E-state index contributed by atoms with van der Waals surface area (Å²) in [7, 11) is 0. The zero-order chi connectivity index (χ0) is 10.6. The summed E-state index contributed by atoms with van der Waals surface area (Å²) < 4.78 is 12.7. The van der Waals surface area contributed by atoms with Crippen LogP contribution >= 0.6 is 0 Å². The zero-order valence-corrected chi connectivity index (χ0v) is 7.40. The van der Waals surface area contributed by atoms with Gasteiger partial charge in [0, 0.05) is 5.69 Å². The molecule has 3 N–H and O–H groups in total. The van der Waals surface area contributed by atoms with Gasteiger partial charge in [-0.25, -0.2) is 4.39 Å². The Morgan fingerprint density at radius 1 is 1.57 bits per heavy atom. The molecular formula is C10H10FNO2. The first-order valence-corrected chi connectivity index (χ1v) is 4.03. The van der Waals surface area contributed by atoms with Crippen LogP contribution in [0.25, 0.3) is 6.08 Å². The molecule has 1 rings (SSSR count). The zero-order valence-electron chi connectivity index (χ0n) is 7.40. The molecule has 0 bridgehead atoms. The van der Waals surface area contributed by atoms with Crippen molar-refractivity contribution in [1.29, 1.82) is 0 Å². The van der Waals surface area contributed by atoms with E-state index < -0.39 is 11.8 Å². The van der Waals surface area contributed by atoms with Crippen LogP contribution in [-0.4, -0.2) is 11.1 Å². The number of carboxylic acid groups (broad SMARTS) is 1. The fourth-order valence-corrected chi connectivity index (χ4v) is 0.977. The van der Waals surface area contributed by atoms with E-state index in [1.165, 1.54) is 30.4 Å². The van der Waals surface area contributed by atoms with Gasteiger partial charge in [-0.05, 0) is 23.8 Å². The molecule has 0 amide bonds. The van der Waals surface area contributed by atoms with Crippen molar-refractivity contribution in [3.05, 3.63) is 35.7 Å². The number of benzene rings is 1. The van der Waals surface area contributed by atoms with Gasteiger partial charge < -0.3 is 10.8 Å². The van der Waals surface area contributed by atoms with Crippen LogP contribution in [0.2, 0.25) is 0 Å². The van der Waals surface area contributed by atoms with E-state index in [-0.39, 0.29) is 6.42 Å². The van der Waals surface area contributed by atoms with Crippen LogP contribution in [0.15, 0.2) is 24.3 Å². The van der Waals surface area contributed by atoms with Crippen molar-refractivity contribution < 1.29 is 14.3 Å². The number of hydrogen-bond donors (Lipinski definition) is 2. The summed E-state index contributed by atoms with van der Waals surface area (Å²) in [6, 6.07) is 3.95. The number of carboxylic acids is 1. The number of rotatable bonds is 3. The summed E-state index contributed by atoms with van der Waals surface area (Å²) in [6.45, 7) is 0. The highest BCUT2D eigenvalue weighted by molar-refractivity contribution is 5.72. The van der Waals surface area contributed by atoms with E-state index in [0.29, 0.717) is 11.3 Å². The molecule has 0 fully saturated rings. The third-order valence-electron chi connectivity index (χ3n) is 1.64. The van der Waals surface area contributed by atoms with Gasteiger partial charge in [0.25, 0.3) is 0 Å². The van der Waals surface area contributed by atoms with E-state index in [9.17, 15) is 9.18 Å². The highest BCUT2D eigenvalue weighted by atomic mass is 19.1. The standard InChI is InChI=1S/C10H10FNO2/c11-8-4-5-9(12)7(6-8)2-1-3-10(13)14/h1-2,4-6H,3,12H2,(H,13,14). The fraction of sp³-hybridized carbons (Fsp3) is 0.100. The van der Waals surface area contributed by atoms with Crippen molar-refractivity contribution in [3.8, 4) is 0 Å². The average Bonchev–Trinajstić information content (AvgIpc) is 2.10. The van der Waals surface area contributed by atoms with Crippen molar-refractivity contribution in [2.24, 2.45) is 0 Å². The lowest BCUT2D eigenvalue weighted by Crippen LogP contribution is -1.92. The Bertz CT molecular complexity index is 374. The van der Waals surface area contributed by atoms with E-state index in [4.69, 9.17) is 10.8 Å². The van der Waals surface area contributed by atoms with Crippen LogP contribution in [0.1, 0.15) is 12.0 Å². The molecule has 0 heterocycles. The third-order valence-corrected chi connectivity index (χ3v) is 1.64. The van der Waals surface area contributed by atoms with Crippen molar-refractivity contribution in [1.82, 2.24) is 0 Å². The van der Waals surface area contributed by atoms with Gasteiger partial charge in [0.1, 0.15) is 5.82 Å². The highest BCUT2D eigenvalue weighted by Gasteiger charge is 1.97. The van der Waals surface area contributed by atoms with Crippen molar-refractivity contribution >= 4 is 17.7 Å². The minimum Gasteiger partial charge on any atom is -0.481 e. The van der Waals surface area contributed by atoms with Crippen LogP contribution in [-0.2, 0) is 4.79 Å². The Kier molecular flexibility index (Phi) is 3.23. The molecule has 0 aromatic heterocycles. The molecule has 0 aliphatic rings. The monoisotopic (exact) mass is 195 g/mol. The van der Waals surface area contributed by atoms with Crippen LogP contribution in [0, 0.1) is 5.82 Å². The predicted molar refractivity (Wildman–Crippen MR) is 52.1 cm³/mol. The molecule has 1 aromatic carbocycles. The molecule has 0 atom stereocenters. The summed E-state index contributed by atoms with van der Waals surface area (Å²) in [4.78, 5) is 10.2. The van der Waals surface area contributed by atoms with Crippen LogP contribution in [0.3, 0.4) is 0 Å². The number of nitrogen functional groups attached to an aromatic ring is 1. The lowest BCUT2D eigenvalue weighted by Gasteiger charge is -1.99. The van der Waals surface area contributed by atoms with Gasteiger partial charge in [-0.15, -0.1) is 0 Å². The fourth-order valence-electron chi connectivity index (χ4n) is 0.977. The van der Waals surface area contributed by atoms with E-state index in [1.807, 2.05) is 0 Å². The molecule has 0 unspecified atom stereocenters. The van der Waals surface area contributed by atoms with Gasteiger partial charge in [-0.1, -0.05) is 12.2 Å². The Morgan fingerprint density at radius 3 is 2.93 bits per heavy atom. The molecule has 0 aliphatic carbocycles. The van der Waals surface area contributed by atoms with Gasteiger partial charge in [0.2, 0.25) is 0 Å². The minimum absolute atomic E-state index is 0.101. The van der Waals surface area contributed by atoms with E-state index >= 15 is 0 Å². The van der Waals surface area contributed by atoms with Gasteiger partial charge in [0.15, 0.2) is 0 Å². The second kappa shape index (κ2) is 4.41. The number of halogens is 1. The number of carbonyl (C=O) groups is 1. The molecule has 0 saturated carbocycles. The Balaban J connectivity index is 2.80. The maximum atomic E-state index is 12.7. The molecule has 1 aromatic rings. The molecule has 0 spiro atoms. The summed E-state index contributed by atoms with van der Waals surface area (Å²) >= 11 is 0. The predicted octanol–water partition coefficient (Wildman–Crippen LogP) is 1.90. The minimum atomic E-state index is -0.934. The molecule has 0 aliphatic heterocycles. The normalized spacial score (nSPS) is 10.6. The van der Waals surface area contributed by atoms with Crippen LogP contribution in [0.4, 0.5) is 10.1 Å². The summed E-state index contributed by atoms with van der Waals surface area (Å²) in [6.07, 6.45) is 2.82. The molecule has 0 radical (unpaired) electrons. The van der Waals surface area contributed by atoms with E-state index in [0.717, 1.165) is 0 Å². The first-order valence-electron chi connectivity index (χ1n) is 4.03. The quantitative estimate of drug-likeness (QED) is 0.724. The molecular weight excluding hydrogens is 185 g/mol. The average molecular weight is 195 g/mol. The number of anilines is 1. The van der Waals surface area contributed by atoms with E-state index in [2.05, 4.69) is 0 Å². The number of hydrogen-bond acceptors (Lipinski definition) is 2. The van der Waals surface area contributed by atoms with Crippen LogP contribution in [0.5, 0.6) is 0 Å². The summed E-state index contributed by atoms with van der Waals surface area (Å²) in [5, 5.41) is 8.36. The van der Waals surface area contributed by atoms with Crippen molar-refractivity contribution in [2.45, 2.75) is 6.42 Å². The largest absolute Gasteiger partial charge is 0.481 e. The van der Waals surface area contributed by atoms with Gasteiger partial charge >= 0.3 is 5.97 Å². The Labute approximate surface area is 80.7 Å². The van der Waals surface area contributed by atoms with Crippen LogP contribution < -0.4 is 5.73 Å². The lowest BCUT2D eigenvalue weighted by molar-refractivity contribution is -0.135. The smallest absolute Gasteiger partial charge is 0.307 e. The topological polar surface area (TPSA) is 63.3 Å². The Morgan fingerprint density at radius 2 is 2.29 bits per heavy atom. The first kappa shape index (κ1) is 10.2. The third kappa shape index (κ3) is 2.90. The summed E-state index contributed by atoms with van der Waals surface area (Å²) in [5.41, 5.74) is 6.46. The van der Waals surface area contributed by atoms with Gasteiger partial charge in [-0.3, -0.25) is 4.79 Å². The molecule has 14 heavy (non-hydrogen) atoms. The molecule has 3 nitrogen and oxygen atoms in total. The Hall–Kier alpha value is -1.84. The second-order valence-corrected chi connectivity index (χ2v) is 2.77. The maximum absolute atomic E-state index is 12.7. The van der Waals surface area contributed by atoms with Crippen molar-refractivity contribution in [3.63, 3.8) is 0 Å². The first-order chi connectivity index (χ1) is 6.59. The van der Waals surface area contributed by atoms with Crippen molar-refractivity contribution in [2.75, 3.05) is 5.73 Å². The highest BCUT2D eigenvalue weighted by Crippen LogP contribution is 2.14. The number of nitrogens with two attached hydrogens (primary N) is 1. The SMILES string of the molecule is Nc1ccc(F)cc1C=CCC(=O)O. The lowest BCUT2D eigenvalue weighted by atomic mass is 10.1. The van der Waals surface area contributed by atoms with Gasteiger partial charge in [-0.2, -0.15) is 0 Å². The number of aliphatic carboxylic acids is 1. The maximum Gasteiger partial charge on any atom is 0.307 e. The second-order valence-electron chi connectivity index (χ2n) is 2.77. The molecule has 0 saturated heterocycles.